The molecule has 0 aromatic heterocycles. The number of aliphatic hydroxyl groups excluding tert-OH is 2. The topological polar surface area (TPSA) is 52.5 Å². The van der Waals surface area contributed by atoms with E-state index in [4.69, 9.17) is 0 Å². The van der Waals surface area contributed by atoms with E-state index < -0.39 is 12.5 Å². The summed E-state index contributed by atoms with van der Waals surface area (Å²) in [4.78, 5) is 0. The molecule has 0 radical (unpaired) electrons. The summed E-state index contributed by atoms with van der Waals surface area (Å²) in [5.74, 6) is 0. The predicted octanol–water partition coefficient (Wildman–Crippen LogP) is 9.79. The van der Waals surface area contributed by atoms with Gasteiger partial charge in [0.25, 0.3) is 0 Å². The maximum atomic E-state index is 10.1. The molecular formula is C31H65NO2. The Morgan fingerprint density at radius 3 is 0.794 bits per heavy atom. The molecule has 3 N–H and O–H groups in total. The third kappa shape index (κ3) is 28.1. The van der Waals surface area contributed by atoms with Crippen LogP contribution in [0.3, 0.4) is 0 Å². The molecule has 2 atom stereocenters. The van der Waals surface area contributed by atoms with Crippen LogP contribution in [0.15, 0.2) is 0 Å². The standard InChI is InChI=1S/C31H65NO2/c1-3-5-7-9-11-12-13-14-15-16-17-18-19-20-21-22-23-25-27-29-31(34)32-30(33)28-26-24-10-8-6-4-2/h30-34H,3-29H2,1-2H3. The van der Waals surface area contributed by atoms with E-state index in [9.17, 15) is 10.2 Å². The Bertz CT molecular complexity index is 363. The van der Waals surface area contributed by atoms with Gasteiger partial charge in [0.1, 0.15) is 12.5 Å². The van der Waals surface area contributed by atoms with Gasteiger partial charge in [0.05, 0.1) is 0 Å². The Kier molecular flexibility index (Phi) is 29.0. The summed E-state index contributed by atoms with van der Waals surface area (Å²) >= 11 is 0. The number of unbranched alkanes of at least 4 members (excludes halogenated alkanes) is 23. The van der Waals surface area contributed by atoms with Crippen LogP contribution in [0.1, 0.15) is 187 Å². The summed E-state index contributed by atoms with van der Waals surface area (Å²) in [5.41, 5.74) is 0. The second kappa shape index (κ2) is 29.1. The van der Waals surface area contributed by atoms with Crippen LogP contribution in [0.25, 0.3) is 0 Å². The maximum absolute atomic E-state index is 10.1. The Morgan fingerprint density at radius 2 is 0.559 bits per heavy atom. The third-order valence-corrected chi connectivity index (χ3v) is 7.30. The Morgan fingerprint density at radius 1 is 0.353 bits per heavy atom. The molecule has 206 valence electrons. The molecule has 0 rings (SSSR count). The molecule has 0 amide bonds. The third-order valence-electron chi connectivity index (χ3n) is 7.30. The first kappa shape index (κ1) is 33.9. The molecule has 0 saturated heterocycles. The quantitative estimate of drug-likeness (QED) is 0.0732. The van der Waals surface area contributed by atoms with Crippen molar-refractivity contribution in [2.45, 2.75) is 200 Å². The van der Waals surface area contributed by atoms with Gasteiger partial charge in [-0.1, -0.05) is 162 Å². The lowest BCUT2D eigenvalue weighted by molar-refractivity contribution is 0.0310. The van der Waals surface area contributed by atoms with Gasteiger partial charge in [-0.3, -0.25) is 5.32 Å². The zero-order valence-corrected chi connectivity index (χ0v) is 23.6. The molecule has 3 heteroatoms. The molecule has 0 spiro atoms. The lowest BCUT2D eigenvalue weighted by Gasteiger charge is -2.18. The second-order valence-electron chi connectivity index (χ2n) is 10.9. The van der Waals surface area contributed by atoms with Crippen LogP contribution in [-0.2, 0) is 0 Å². The second-order valence-corrected chi connectivity index (χ2v) is 10.9. The van der Waals surface area contributed by atoms with Crippen molar-refractivity contribution < 1.29 is 10.2 Å². The van der Waals surface area contributed by atoms with E-state index in [1.165, 1.54) is 148 Å². The minimum Gasteiger partial charge on any atom is -0.379 e. The van der Waals surface area contributed by atoms with E-state index in [-0.39, 0.29) is 0 Å². The van der Waals surface area contributed by atoms with Crippen LogP contribution in [0, 0.1) is 0 Å². The number of nitrogens with one attached hydrogen (secondary N) is 1. The fraction of sp³-hybridized carbons (Fsp3) is 1.00. The first-order valence-electron chi connectivity index (χ1n) is 15.8. The van der Waals surface area contributed by atoms with Crippen LogP contribution < -0.4 is 5.32 Å². The van der Waals surface area contributed by atoms with Gasteiger partial charge < -0.3 is 10.2 Å². The van der Waals surface area contributed by atoms with Gasteiger partial charge in [0, 0.05) is 0 Å². The number of hydrogen-bond acceptors (Lipinski definition) is 3. The van der Waals surface area contributed by atoms with Crippen molar-refractivity contribution in [3.63, 3.8) is 0 Å². The Balaban J connectivity index is 3.21. The molecule has 0 saturated carbocycles. The van der Waals surface area contributed by atoms with Gasteiger partial charge in [-0.15, -0.1) is 0 Å². The molecule has 2 unspecified atom stereocenters. The van der Waals surface area contributed by atoms with E-state index in [1.54, 1.807) is 0 Å². The van der Waals surface area contributed by atoms with Crippen molar-refractivity contribution in [2.75, 3.05) is 0 Å². The first-order chi connectivity index (χ1) is 16.7. The zero-order valence-electron chi connectivity index (χ0n) is 23.6. The van der Waals surface area contributed by atoms with Crippen molar-refractivity contribution in [3.8, 4) is 0 Å². The molecule has 0 heterocycles. The van der Waals surface area contributed by atoms with Crippen LogP contribution >= 0.6 is 0 Å². The monoisotopic (exact) mass is 484 g/mol. The van der Waals surface area contributed by atoms with Crippen LogP contribution in [0.5, 0.6) is 0 Å². The lowest BCUT2D eigenvalue weighted by Crippen LogP contribution is -2.38. The normalized spacial score (nSPS) is 13.4. The van der Waals surface area contributed by atoms with Crippen molar-refractivity contribution in [1.82, 2.24) is 5.32 Å². The molecule has 0 bridgehead atoms. The predicted molar refractivity (Wildman–Crippen MR) is 151 cm³/mol. The Hall–Kier alpha value is -0.120. The van der Waals surface area contributed by atoms with E-state index in [1.807, 2.05) is 0 Å². The van der Waals surface area contributed by atoms with Crippen molar-refractivity contribution in [1.29, 1.82) is 0 Å². The molecule has 0 fully saturated rings. The van der Waals surface area contributed by atoms with Gasteiger partial charge >= 0.3 is 0 Å². The highest BCUT2D eigenvalue weighted by Crippen LogP contribution is 2.15. The Labute approximate surface area is 215 Å². The lowest BCUT2D eigenvalue weighted by atomic mass is 10.0. The number of rotatable bonds is 29. The van der Waals surface area contributed by atoms with Gasteiger partial charge in [0.15, 0.2) is 0 Å². The maximum Gasteiger partial charge on any atom is 0.106 e. The summed E-state index contributed by atoms with van der Waals surface area (Å²) in [5, 5.41) is 23.0. The average Bonchev–Trinajstić information content (AvgIpc) is 2.82. The molecule has 0 aliphatic heterocycles. The molecular weight excluding hydrogens is 418 g/mol. The minimum absolute atomic E-state index is 0.554. The van der Waals surface area contributed by atoms with Gasteiger partial charge in [-0.05, 0) is 25.7 Å². The van der Waals surface area contributed by atoms with Gasteiger partial charge in [-0.25, -0.2) is 0 Å². The summed E-state index contributed by atoms with van der Waals surface area (Å²) in [7, 11) is 0. The molecule has 34 heavy (non-hydrogen) atoms. The molecule has 0 aliphatic rings. The highest BCUT2D eigenvalue weighted by molar-refractivity contribution is 4.60. The van der Waals surface area contributed by atoms with Gasteiger partial charge in [0.2, 0.25) is 0 Å². The molecule has 0 aliphatic carbocycles. The fourth-order valence-electron chi connectivity index (χ4n) is 4.92. The SMILES string of the molecule is CCCCCCCCCCCCCCCCCCCCCC(O)NC(O)CCCCCCCC. The largest absolute Gasteiger partial charge is 0.379 e. The zero-order chi connectivity index (χ0) is 25.0. The number of aliphatic hydroxyl groups is 2. The van der Waals surface area contributed by atoms with E-state index >= 15 is 0 Å². The van der Waals surface area contributed by atoms with Gasteiger partial charge in [-0.2, -0.15) is 0 Å². The summed E-state index contributed by atoms with van der Waals surface area (Å²) in [6.45, 7) is 4.52. The van der Waals surface area contributed by atoms with Crippen LogP contribution in [0.4, 0.5) is 0 Å². The average molecular weight is 484 g/mol. The smallest absolute Gasteiger partial charge is 0.106 e. The fourth-order valence-corrected chi connectivity index (χ4v) is 4.92. The van der Waals surface area contributed by atoms with E-state index in [0.717, 1.165) is 25.7 Å². The summed E-state index contributed by atoms with van der Waals surface area (Å²) in [6.07, 6.45) is 34.1. The first-order valence-corrected chi connectivity index (χ1v) is 15.8. The van der Waals surface area contributed by atoms with Crippen molar-refractivity contribution >= 4 is 0 Å². The number of hydrogen-bond donors (Lipinski definition) is 3. The minimum atomic E-state index is -0.555. The molecule has 0 aromatic carbocycles. The van der Waals surface area contributed by atoms with Crippen molar-refractivity contribution in [3.05, 3.63) is 0 Å². The highest BCUT2D eigenvalue weighted by atomic mass is 16.3. The summed E-state index contributed by atoms with van der Waals surface area (Å²) < 4.78 is 0. The highest BCUT2D eigenvalue weighted by Gasteiger charge is 2.09. The molecule has 0 aromatic rings. The van der Waals surface area contributed by atoms with E-state index in [2.05, 4.69) is 19.2 Å². The van der Waals surface area contributed by atoms with E-state index in [0.29, 0.717) is 0 Å². The summed E-state index contributed by atoms with van der Waals surface area (Å²) in [6, 6.07) is 0. The molecule has 3 nitrogen and oxygen atoms in total. The van der Waals surface area contributed by atoms with Crippen LogP contribution in [0.2, 0.25) is 0 Å². The van der Waals surface area contributed by atoms with Crippen molar-refractivity contribution in [2.24, 2.45) is 0 Å². The van der Waals surface area contributed by atoms with Crippen LogP contribution in [-0.4, -0.2) is 22.7 Å².